The summed E-state index contributed by atoms with van der Waals surface area (Å²) in [6, 6.07) is 4.84. The van der Waals surface area contributed by atoms with E-state index in [2.05, 4.69) is 13.8 Å². The highest BCUT2D eigenvalue weighted by atomic mass is 35.5. The molecule has 1 amide bonds. The van der Waals surface area contributed by atoms with Crippen molar-refractivity contribution in [1.29, 1.82) is 0 Å². The molecule has 0 fully saturated rings. The molecule has 142 valence electrons. The fraction of sp³-hybridized carbons (Fsp3) is 0.550. The number of amides is 1. The molecule has 0 aliphatic heterocycles. The Morgan fingerprint density at radius 3 is 2.42 bits per heavy atom. The number of aromatic nitrogens is 2. The molecule has 0 aliphatic rings. The molecule has 0 N–H and O–H groups in total. The number of hydrogen-bond acceptors (Lipinski definition) is 3. The number of carbonyl (C=O) groups is 1. The van der Waals surface area contributed by atoms with E-state index in [9.17, 15) is 9.59 Å². The molecule has 5 nitrogen and oxygen atoms in total. The van der Waals surface area contributed by atoms with Gasteiger partial charge in [0.15, 0.2) is 0 Å². The van der Waals surface area contributed by atoms with Crippen molar-refractivity contribution in [2.45, 2.75) is 54.1 Å². The Labute approximate surface area is 160 Å². The third-order valence-electron chi connectivity index (χ3n) is 4.44. The molecule has 0 bridgehead atoms. The molecule has 0 spiro atoms. The van der Waals surface area contributed by atoms with Crippen LogP contribution in [0.1, 0.15) is 53.4 Å². The van der Waals surface area contributed by atoms with Gasteiger partial charge in [-0.1, -0.05) is 39.3 Å². The van der Waals surface area contributed by atoms with Crippen molar-refractivity contribution < 1.29 is 4.79 Å². The molecule has 2 rings (SSSR count). The van der Waals surface area contributed by atoms with Crippen LogP contribution >= 0.6 is 11.6 Å². The molecule has 0 radical (unpaired) electrons. The summed E-state index contributed by atoms with van der Waals surface area (Å²) < 4.78 is 1.64. The lowest BCUT2D eigenvalue weighted by atomic mass is 10.1. The number of rotatable bonds is 6. The molecule has 2 aromatic rings. The second-order valence-electron chi connectivity index (χ2n) is 7.40. The maximum atomic E-state index is 12.9. The van der Waals surface area contributed by atoms with Gasteiger partial charge in [0.1, 0.15) is 5.82 Å². The van der Waals surface area contributed by atoms with Crippen molar-refractivity contribution in [3.05, 3.63) is 39.4 Å². The predicted molar refractivity (Wildman–Crippen MR) is 106 cm³/mol. The molecule has 1 atom stereocenters. The van der Waals surface area contributed by atoms with Crippen LogP contribution in [-0.4, -0.2) is 26.9 Å². The van der Waals surface area contributed by atoms with Gasteiger partial charge in [-0.05, 0) is 38.0 Å². The van der Waals surface area contributed by atoms with Gasteiger partial charge in [0.2, 0.25) is 5.91 Å². The van der Waals surface area contributed by atoms with Crippen LogP contribution in [0.5, 0.6) is 0 Å². The molecule has 0 saturated heterocycles. The van der Waals surface area contributed by atoms with Crippen molar-refractivity contribution >= 4 is 28.4 Å². The van der Waals surface area contributed by atoms with Crippen LogP contribution in [0.25, 0.3) is 10.9 Å². The van der Waals surface area contributed by atoms with E-state index in [0.29, 0.717) is 40.8 Å². The highest BCUT2D eigenvalue weighted by molar-refractivity contribution is 6.31. The lowest BCUT2D eigenvalue weighted by Gasteiger charge is -2.33. The van der Waals surface area contributed by atoms with Gasteiger partial charge in [0, 0.05) is 24.0 Å². The quantitative estimate of drug-likeness (QED) is 0.755. The summed E-state index contributed by atoms with van der Waals surface area (Å²) in [4.78, 5) is 32.3. The Hall–Kier alpha value is -1.88. The minimum absolute atomic E-state index is 0.0688. The molecule has 1 unspecified atom stereocenters. The molecule has 1 heterocycles. The average molecular weight is 378 g/mol. The van der Waals surface area contributed by atoms with Gasteiger partial charge >= 0.3 is 0 Å². The van der Waals surface area contributed by atoms with Crippen LogP contribution in [0, 0.1) is 11.8 Å². The van der Waals surface area contributed by atoms with E-state index in [1.165, 1.54) is 0 Å². The number of hydrogen-bond donors (Lipinski definition) is 0. The van der Waals surface area contributed by atoms with Gasteiger partial charge in [-0.2, -0.15) is 0 Å². The minimum Gasteiger partial charge on any atom is -0.332 e. The number of nitrogens with zero attached hydrogens (tertiary/aromatic N) is 3. The van der Waals surface area contributed by atoms with Crippen LogP contribution in [0.15, 0.2) is 23.0 Å². The van der Waals surface area contributed by atoms with E-state index in [-0.39, 0.29) is 23.4 Å². The number of benzene rings is 1. The second kappa shape index (κ2) is 8.21. The van der Waals surface area contributed by atoms with Crippen LogP contribution < -0.4 is 5.56 Å². The average Bonchev–Trinajstić information content (AvgIpc) is 2.58. The van der Waals surface area contributed by atoms with Crippen LogP contribution in [0.4, 0.5) is 0 Å². The smallest absolute Gasteiger partial charge is 0.261 e. The first-order chi connectivity index (χ1) is 12.2. The Balaban J connectivity index is 2.63. The Morgan fingerprint density at radius 1 is 1.23 bits per heavy atom. The normalized spacial score (nSPS) is 12.8. The third kappa shape index (κ3) is 4.09. The summed E-state index contributed by atoms with van der Waals surface area (Å²) in [6.07, 6.45) is 0. The van der Waals surface area contributed by atoms with Gasteiger partial charge in [0.25, 0.3) is 5.56 Å². The first-order valence-corrected chi connectivity index (χ1v) is 9.55. The van der Waals surface area contributed by atoms with Crippen molar-refractivity contribution in [2.24, 2.45) is 11.8 Å². The van der Waals surface area contributed by atoms with Crippen molar-refractivity contribution in [1.82, 2.24) is 14.5 Å². The summed E-state index contributed by atoms with van der Waals surface area (Å²) in [7, 11) is 0. The summed E-state index contributed by atoms with van der Waals surface area (Å²) in [5.41, 5.74) is 0.482. The highest BCUT2D eigenvalue weighted by Crippen LogP contribution is 2.24. The fourth-order valence-corrected chi connectivity index (χ4v) is 3.31. The van der Waals surface area contributed by atoms with E-state index in [4.69, 9.17) is 16.6 Å². The molecule has 6 heteroatoms. The zero-order valence-electron chi connectivity index (χ0n) is 16.4. The predicted octanol–water partition coefficient (Wildman–Crippen LogP) is 4.27. The number of halogens is 1. The molecular formula is C20H28ClN3O2. The largest absolute Gasteiger partial charge is 0.332 e. The van der Waals surface area contributed by atoms with Gasteiger partial charge in [-0.3, -0.25) is 14.2 Å². The summed E-state index contributed by atoms with van der Waals surface area (Å²) >= 11 is 6.04. The molecule has 1 aromatic carbocycles. The molecule has 26 heavy (non-hydrogen) atoms. The van der Waals surface area contributed by atoms with Crippen molar-refractivity contribution in [3.63, 3.8) is 0 Å². The van der Waals surface area contributed by atoms with E-state index < -0.39 is 0 Å². The van der Waals surface area contributed by atoms with Crippen LogP contribution in [0.3, 0.4) is 0 Å². The van der Waals surface area contributed by atoms with Gasteiger partial charge in [0.05, 0.1) is 16.9 Å². The SMILES string of the molecule is CCn1c(C(C)N(CC(C)C)C(=O)C(C)C)nc2ccc(Cl)cc2c1=O. The first kappa shape index (κ1) is 20.4. The Bertz CT molecular complexity index is 858. The number of carbonyl (C=O) groups excluding carboxylic acids is 1. The summed E-state index contributed by atoms with van der Waals surface area (Å²) in [5.74, 6) is 0.889. The molecular weight excluding hydrogens is 350 g/mol. The zero-order chi connectivity index (χ0) is 19.6. The van der Waals surface area contributed by atoms with E-state index >= 15 is 0 Å². The molecule has 0 aliphatic carbocycles. The topological polar surface area (TPSA) is 55.2 Å². The summed E-state index contributed by atoms with van der Waals surface area (Å²) in [5, 5.41) is 1.01. The first-order valence-electron chi connectivity index (χ1n) is 9.17. The lowest BCUT2D eigenvalue weighted by molar-refractivity contribution is -0.137. The monoisotopic (exact) mass is 377 g/mol. The minimum atomic E-state index is -0.292. The van der Waals surface area contributed by atoms with Crippen LogP contribution in [0.2, 0.25) is 5.02 Å². The summed E-state index contributed by atoms with van der Waals surface area (Å²) in [6.45, 7) is 12.9. The Morgan fingerprint density at radius 2 is 1.88 bits per heavy atom. The fourth-order valence-electron chi connectivity index (χ4n) is 3.14. The number of fused-ring (bicyclic) bond motifs is 1. The van der Waals surface area contributed by atoms with Gasteiger partial charge in [-0.25, -0.2) is 4.98 Å². The maximum absolute atomic E-state index is 12.9. The molecule has 0 saturated carbocycles. The third-order valence-corrected chi connectivity index (χ3v) is 4.68. The lowest BCUT2D eigenvalue weighted by Crippen LogP contribution is -2.41. The molecule has 1 aromatic heterocycles. The van der Waals surface area contributed by atoms with Gasteiger partial charge in [-0.15, -0.1) is 0 Å². The highest BCUT2D eigenvalue weighted by Gasteiger charge is 2.27. The van der Waals surface area contributed by atoms with E-state index in [1.807, 2.05) is 32.6 Å². The van der Waals surface area contributed by atoms with Crippen molar-refractivity contribution in [2.75, 3.05) is 6.54 Å². The van der Waals surface area contributed by atoms with E-state index in [1.54, 1.807) is 22.8 Å². The second-order valence-corrected chi connectivity index (χ2v) is 7.83. The Kier molecular flexibility index (Phi) is 6.45. The standard InChI is InChI=1S/C20H28ClN3O2/c1-7-23-18(14(6)24(11-12(2)3)19(25)13(4)5)22-17-9-8-15(21)10-16(17)20(23)26/h8-10,12-14H,7,11H2,1-6H3. The van der Waals surface area contributed by atoms with Crippen molar-refractivity contribution in [3.8, 4) is 0 Å². The maximum Gasteiger partial charge on any atom is 0.261 e. The van der Waals surface area contributed by atoms with E-state index in [0.717, 1.165) is 0 Å². The zero-order valence-corrected chi connectivity index (χ0v) is 17.2. The van der Waals surface area contributed by atoms with Crippen LogP contribution in [-0.2, 0) is 11.3 Å². The van der Waals surface area contributed by atoms with Gasteiger partial charge < -0.3 is 4.90 Å².